The van der Waals surface area contributed by atoms with Gasteiger partial charge in [0.1, 0.15) is 5.76 Å². The molecule has 1 aromatic carbocycles. The molecule has 0 bridgehead atoms. The zero-order valence-corrected chi connectivity index (χ0v) is 13.1. The lowest BCUT2D eigenvalue weighted by Gasteiger charge is -2.18. The Bertz CT molecular complexity index is 519. The highest BCUT2D eigenvalue weighted by Gasteiger charge is 2.19. The fourth-order valence-corrected chi connectivity index (χ4v) is 2.47. The van der Waals surface area contributed by atoms with Crippen molar-refractivity contribution in [2.75, 3.05) is 25.5 Å². The summed E-state index contributed by atoms with van der Waals surface area (Å²) in [4.78, 5) is 2.09. The fourth-order valence-electron chi connectivity index (χ4n) is 2.04. The summed E-state index contributed by atoms with van der Waals surface area (Å²) in [7, 11) is 4.08. The van der Waals surface area contributed by atoms with E-state index in [0.29, 0.717) is 0 Å². The van der Waals surface area contributed by atoms with Crippen LogP contribution in [0, 0.1) is 0 Å². The minimum Gasteiger partial charge on any atom is -0.466 e. The third kappa shape index (κ3) is 3.19. The molecule has 0 amide bonds. The second kappa shape index (κ2) is 6.26. The molecule has 3 nitrogen and oxygen atoms in total. The maximum Gasteiger partial charge on any atom is 0.139 e. The van der Waals surface area contributed by atoms with Crippen molar-refractivity contribution in [1.82, 2.24) is 5.32 Å². The Morgan fingerprint density at radius 1 is 1.21 bits per heavy atom. The van der Waals surface area contributed by atoms with Gasteiger partial charge in [0.15, 0.2) is 0 Å². The van der Waals surface area contributed by atoms with Gasteiger partial charge in [0.2, 0.25) is 0 Å². The quantitative estimate of drug-likeness (QED) is 0.907. The van der Waals surface area contributed by atoms with Crippen LogP contribution in [0.5, 0.6) is 0 Å². The van der Waals surface area contributed by atoms with E-state index in [1.54, 1.807) is 6.26 Å². The molecule has 102 valence electrons. The van der Waals surface area contributed by atoms with Crippen LogP contribution in [0.2, 0.25) is 0 Å². The monoisotopic (exact) mass is 322 g/mol. The summed E-state index contributed by atoms with van der Waals surface area (Å²) in [6, 6.07) is 10.5. The van der Waals surface area contributed by atoms with Gasteiger partial charge in [-0.05, 0) is 46.2 Å². The van der Waals surface area contributed by atoms with Crippen molar-refractivity contribution in [3.63, 3.8) is 0 Å². The summed E-state index contributed by atoms with van der Waals surface area (Å²) < 4.78 is 6.59. The first-order valence-electron chi connectivity index (χ1n) is 6.37. The van der Waals surface area contributed by atoms with Gasteiger partial charge in [-0.1, -0.05) is 19.1 Å². The van der Waals surface area contributed by atoms with E-state index in [0.717, 1.165) is 16.8 Å². The van der Waals surface area contributed by atoms with Crippen LogP contribution in [-0.4, -0.2) is 20.6 Å². The fraction of sp³-hybridized carbons (Fsp3) is 0.333. The first kappa shape index (κ1) is 14.2. The van der Waals surface area contributed by atoms with Gasteiger partial charge in [0, 0.05) is 19.8 Å². The molecule has 0 fully saturated rings. The SMILES string of the molecule is CCNC(c1ccc(N(C)C)cc1)c1occc1Br. The summed E-state index contributed by atoms with van der Waals surface area (Å²) in [6.45, 7) is 2.98. The molecule has 0 saturated heterocycles. The largest absolute Gasteiger partial charge is 0.466 e. The molecule has 0 aliphatic heterocycles. The standard InChI is InChI=1S/C15H19BrN2O/c1-4-17-14(15-13(16)9-10-19-15)11-5-7-12(8-6-11)18(2)3/h5-10,14,17H,4H2,1-3H3. The predicted molar refractivity (Wildman–Crippen MR) is 82.7 cm³/mol. The number of nitrogens with one attached hydrogen (secondary N) is 1. The zero-order chi connectivity index (χ0) is 13.8. The van der Waals surface area contributed by atoms with E-state index >= 15 is 0 Å². The Labute approximate surface area is 122 Å². The topological polar surface area (TPSA) is 28.4 Å². The average molecular weight is 323 g/mol. The second-order valence-electron chi connectivity index (χ2n) is 4.61. The van der Waals surface area contributed by atoms with E-state index in [4.69, 9.17) is 4.42 Å². The summed E-state index contributed by atoms with van der Waals surface area (Å²) in [6.07, 6.45) is 1.71. The molecule has 4 heteroatoms. The van der Waals surface area contributed by atoms with Crippen LogP contribution in [0.1, 0.15) is 24.3 Å². The van der Waals surface area contributed by atoms with Crippen LogP contribution in [0.4, 0.5) is 5.69 Å². The van der Waals surface area contributed by atoms with Gasteiger partial charge < -0.3 is 14.6 Å². The number of anilines is 1. The highest BCUT2D eigenvalue weighted by atomic mass is 79.9. The third-order valence-corrected chi connectivity index (χ3v) is 3.71. The Kier molecular flexibility index (Phi) is 4.66. The summed E-state index contributed by atoms with van der Waals surface area (Å²) in [5.41, 5.74) is 2.39. The van der Waals surface area contributed by atoms with Gasteiger partial charge in [-0.3, -0.25) is 0 Å². The minimum absolute atomic E-state index is 0.0746. The number of hydrogen-bond acceptors (Lipinski definition) is 3. The minimum atomic E-state index is 0.0746. The lowest BCUT2D eigenvalue weighted by molar-refractivity contribution is 0.450. The highest BCUT2D eigenvalue weighted by molar-refractivity contribution is 9.10. The lowest BCUT2D eigenvalue weighted by atomic mass is 10.0. The zero-order valence-electron chi connectivity index (χ0n) is 11.5. The molecular weight excluding hydrogens is 304 g/mol. The number of hydrogen-bond donors (Lipinski definition) is 1. The van der Waals surface area contributed by atoms with Crippen LogP contribution >= 0.6 is 15.9 Å². The Balaban J connectivity index is 2.31. The van der Waals surface area contributed by atoms with E-state index in [1.807, 2.05) is 20.2 Å². The van der Waals surface area contributed by atoms with Crippen molar-refractivity contribution in [1.29, 1.82) is 0 Å². The number of nitrogens with zero attached hydrogens (tertiary/aromatic N) is 1. The molecule has 2 aromatic rings. The van der Waals surface area contributed by atoms with Crippen LogP contribution < -0.4 is 10.2 Å². The van der Waals surface area contributed by atoms with Gasteiger partial charge in [-0.25, -0.2) is 0 Å². The molecule has 19 heavy (non-hydrogen) atoms. The Hall–Kier alpha value is -1.26. The number of furan rings is 1. The number of benzene rings is 1. The molecule has 1 N–H and O–H groups in total. The molecule has 0 aliphatic rings. The van der Waals surface area contributed by atoms with E-state index < -0.39 is 0 Å². The van der Waals surface area contributed by atoms with E-state index in [-0.39, 0.29) is 6.04 Å². The van der Waals surface area contributed by atoms with Crippen molar-refractivity contribution < 1.29 is 4.42 Å². The number of rotatable bonds is 5. The van der Waals surface area contributed by atoms with Gasteiger partial charge >= 0.3 is 0 Å². The third-order valence-electron chi connectivity index (χ3n) is 3.06. The Morgan fingerprint density at radius 3 is 2.37 bits per heavy atom. The number of halogens is 1. The van der Waals surface area contributed by atoms with Crippen molar-refractivity contribution in [2.24, 2.45) is 0 Å². The molecular formula is C15H19BrN2O. The molecule has 0 spiro atoms. The molecule has 0 radical (unpaired) electrons. The average Bonchev–Trinajstić information content (AvgIpc) is 2.82. The second-order valence-corrected chi connectivity index (χ2v) is 5.46. The Morgan fingerprint density at radius 2 is 1.89 bits per heavy atom. The first-order chi connectivity index (χ1) is 9.13. The van der Waals surface area contributed by atoms with E-state index in [2.05, 4.69) is 57.3 Å². The van der Waals surface area contributed by atoms with Crippen molar-refractivity contribution in [3.8, 4) is 0 Å². The van der Waals surface area contributed by atoms with Crippen molar-refractivity contribution >= 4 is 21.6 Å². The highest BCUT2D eigenvalue weighted by Crippen LogP contribution is 2.30. The normalized spacial score (nSPS) is 12.4. The maximum absolute atomic E-state index is 5.59. The summed E-state index contributed by atoms with van der Waals surface area (Å²) in [5, 5.41) is 3.45. The lowest BCUT2D eigenvalue weighted by Crippen LogP contribution is -2.22. The van der Waals surface area contributed by atoms with Gasteiger partial charge in [-0.2, -0.15) is 0 Å². The van der Waals surface area contributed by atoms with Crippen LogP contribution in [0.15, 0.2) is 45.5 Å². The summed E-state index contributed by atoms with van der Waals surface area (Å²) >= 11 is 3.53. The predicted octanol–water partition coefficient (Wildman–Crippen LogP) is 3.81. The smallest absolute Gasteiger partial charge is 0.139 e. The van der Waals surface area contributed by atoms with Gasteiger partial charge in [0.05, 0.1) is 16.8 Å². The van der Waals surface area contributed by atoms with Gasteiger partial charge in [-0.15, -0.1) is 0 Å². The molecule has 1 atom stereocenters. The van der Waals surface area contributed by atoms with Crippen LogP contribution in [-0.2, 0) is 0 Å². The molecule has 1 unspecified atom stereocenters. The molecule has 1 heterocycles. The van der Waals surface area contributed by atoms with Crippen molar-refractivity contribution in [2.45, 2.75) is 13.0 Å². The van der Waals surface area contributed by atoms with E-state index in [9.17, 15) is 0 Å². The molecule has 2 rings (SSSR count). The maximum atomic E-state index is 5.59. The van der Waals surface area contributed by atoms with E-state index in [1.165, 1.54) is 11.3 Å². The van der Waals surface area contributed by atoms with Crippen LogP contribution in [0.3, 0.4) is 0 Å². The van der Waals surface area contributed by atoms with Crippen molar-refractivity contribution in [3.05, 3.63) is 52.4 Å². The summed E-state index contributed by atoms with van der Waals surface area (Å²) in [5.74, 6) is 0.916. The van der Waals surface area contributed by atoms with Gasteiger partial charge in [0.25, 0.3) is 0 Å². The molecule has 0 saturated carbocycles. The van der Waals surface area contributed by atoms with Crippen LogP contribution in [0.25, 0.3) is 0 Å². The first-order valence-corrected chi connectivity index (χ1v) is 7.16. The molecule has 0 aliphatic carbocycles. The molecule has 1 aromatic heterocycles.